The van der Waals surface area contributed by atoms with E-state index in [2.05, 4.69) is 5.32 Å². The average molecular weight is 284 g/mol. The zero-order valence-electron chi connectivity index (χ0n) is 10.2. The number of rotatable bonds is 4. The number of benzene rings is 2. The van der Waals surface area contributed by atoms with Crippen LogP contribution in [-0.2, 0) is 6.54 Å². The van der Waals surface area contributed by atoms with Crippen LogP contribution in [0.5, 0.6) is 5.75 Å². The van der Waals surface area contributed by atoms with E-state index in [1.807, 2.05) is 0 Å². The Kier molecular flexibility index (Phi) is 4.22. The van der Waals surface area contributed by atoms with Gasteiger partial charge in [-0.25, -0.2) is 8.78 Å². The van der Waals surface area contributed by atoms with Gasteiger partial charge in [-0.3, -0.25) is 0 Å². The normalized spacial score (nSPS) is 10.3. The Morgan fingerprint density at radius 3 is 2.63 bits per heavy atom. The number of anilines is 1. The standard InChI is InChI=1S/C14H12ClF2NO/c1-19-11-4-2-9(13(17)7-11)8-18-14-6-10(16)3-5-12(14)15/h2-7,18H,8H2,1H3. The van der Waals surface area contributed by atoms with E-state index in [1.54, 1.807) is 12.1 Å². The van der Waals surface area contributed by atoms with Gasteiger partial charge in [-0.1, -0.05) is 17.7 Å². The summed E-state index contributed by atoms with van der Waals surface area (Å²) in [5.74, 6) is -0.341. The molecule has 0 atom stereocenters. The molecule has 0 spiro atoms. The van der Waals surface area contributed by atoms with Gasteiger partial charge in [0.2, 0.25) is 0 Å². The second kappa shape index (κ2) is 5.89. The first kappa shape index (κ1) is 13.6. The molecule has 1 N–H and O–H groups in total. The molecular formula is C14H12ClF2NO. The summed E-state index contributed by atoms with van der Waals surface area (Å²) in [6.07, 6.45) is 0. The smallest absolute Gasteiger partial charge is 0.131 e. The second-order valence-corrected chi connectivity index (χ2v) is 4.34. The van der Waals surface area contributed by atoms with E-state index < -0.39 is 5.82 Å². The first-order valence-corrected chi connectivity index (χ1v) is 5.99. The molecule has 19 heavy (non-hydrogen) atoms. The Morgan fingerprint density at radius 2 is 1.95 bits per heavy atom. The molecule has 0 aliphatic rings. The topological polar surface area (TPSA) is 21.3 Å². The Balaban J connectivity index is 2.12. The van der Waals surface area contributed by atoms with Crippen molar-refractivity contribution in [2.75, 3.05) is 12.4 Å². The maximum atomic E-state index is 13.7. The summed E-state index contributed by atoms with van der Waals surface area (Å²) in [6.45, 7) is 0.207. The van der Waals surface area contributed by atoms with Gasteiger partial charge in [-0.05, 0) is 24.3 Å². The summed E-state index contributed by atoms with van der Waals surface area (Å²) in [5, 5.41) is 3.28. The average Bonchev–Trinajstić information content (AvgIpc) is 2.40. The first-order chi connectivity index (χ1) is 9.10. The Hall–Kier alpha value is -1.81. The molecule has 0 fully saturated rings. The van der Waals surface area contributed by atoms with E-state index in [1.165, 1.54) is 31.4 Å². The number of hydrogen-bond donors (Lipinski definition) is 1. The Labute approximate surface area is 115 Å². The lowest BCUT2D eigenvalue weighted by Crippen LogP contribution is -2.03. The van der Waals surface area contributed by atoms with Crippen LogP contribution < -0.4 is 10.1 Å². The first-order valence-electron chi connectivity index (χ1n) is 5.61. The number of nitrogens with one attached hydrogen (secondary N) is 1. The molecular weight excluding hydrogens is 272 g/mol. The zero-order valence-corrected chi connectivity index (χ0v) is 11.0. The molecule has 0 bridgehead atoms. The van der Waals surface area contributed by atoms with Crippen LogP contribution in [0.3, 0.4) is 0 Å². The predicted molar refractivity (Wildman–Crippen MR) is 71.7 cm³/mol. The molecule has 2 rings (SSSR count). The third kappa shape index (κ3) is 3.35. The molecule has 2 nitrogen and oxygen atoms in total. The third-order valence-electron chi connectivity index (χ3n) is 2.66. The summed E-state index contributed by atoms with van der Waals surface area (Å²) >= 11 is 5.91. The van der Waals surface area contributed by atoms with Gasteiger partial charge in [0.05, 0.1) is 17.8 Å². The maximum absolute atomic E-state index is 13.7. The SMILES string of the molecule is COc1ccc(CNc2cc(F)ccc2Cl)c(F)c1. The highest BCUT2D eigenvalue weighted by atomic mass is 35.5. The van der Waals surface area contributed by atoms with E-state index in [4.69, 9.17) is 16.3 Å². The van der Waals surface area contributed by atoms with Gasteiger partial charge in [-0.15, -0.1) is 0 Å². The maximum Gasteiger partial charge on any atom is 0.131 e. The van der Waals surface area contributed by atoms with Crippen LogP contribution in [-0.4, -0.2) is 7.11 Å². The van der Waals surface area contributed by atoms with E-state index in [0.29, 0.717) is 22.0 Å². The van der Waals surface area contributed by atoms with Gasteiger partial charge in [-0.2, -0.15) is 0 Å². The van der Waals surface area contributed by atoms with Crippen LogP contribution in [0.1, 0.15) is 5.56 Å². The third-order valence-corrected chi connectivity index (χ3v) is 2.99. The van der Waals surface area contributed by atoms with Crippen molar-refractivity contribution in [3.05, 3.63) is 58.6 Å². The number of ether oxygens (including phenoxy) is 1. The molecule has 2 aromatic rings. The molecule has 0 amide bonds. The molecule has 0 heterocycles. The molecule has 0 aliphatic heterocycles. The minimum atomic E-state index is -0.401. The molecule has 2 aromatic carbocycles. The lowest BCUT2D eigenvalue weighted by Gasteiger charge is -2.10. The van der Waals surface area contributed by atoms with Gasteiger partial charge >= 0.3 is 0 Å². The minimum absolute atomic E-state index is 0.207. The summed E-state index contributed by atoms with van der Waals surface area (Å²) < 4.78 is 31.7. The fourth-order valence-electron chi connectivity index (χ4n) is 1.62. The quantitative estimate of drug-likeness (QED) is 0.906. The van der Waals surface area contributed by atoms with Crippen LogP contribution in [0.15, 0.2) is 36.4 Å². The predicted octanol–water partition coefficient (Wildman–Crippen LogP) is 4.24. The largest absolute Gasteiger partial charge is 0.497 e. The molecule has 0 unspecified atom stereocenters. The monoisotopic (exact) mass is 283 g/mol. The van der Waals surface area contributed by atoms with Gasteiger partial charge in [0.1, 0.15) is 17.4 Å². The van der Waals surface area contributed by atoms with E-state index in [-0.39, 0.29) is 12.4 Å². The van der Waals surface area contributed by atoms with Gasteiger partial charge in [0.25, 0.3) is 0 Å². The number of hydrogen-bond acceptors (Lipinski definition) is 2. The zero-order chi connectivity index (χ0) is 13.8. The Bertz CT molecular complexity index is 590. The van der Waals surface area contributed by atoms with E-state index in [9.17, 15) is 8.78 Å². The van der Waals surface area contributed by atoms with Crippen LogP contribution >= 0.6 is 11.6 Å². The minimum Gasteiger partial charge on any atom is -0.497 e. The van der Waals surface area contributed by atoms with E-state index in [0.717, 1.165) is 0 Å². The number of halogens is 3. The van der Waals surface area contributed by atoms with Gasteiger partial charge < -0.3 is 10.1 Å². The lowest BCUT2D eigenvalue weighted by molar-refractivity contribution is 0.411. The van der Waals surface area contributed by atoms with Crippen molar-refractivity contribution in [1.82, 2.24) is 0 Å². The summed E-state index contributed by atoms with van der Waals surface area (Å²) in [4.78, 5) is 0. The lowest BCUT2D eigenvalue weighted by atomic mass is 10.2. The summed E-state index contributed by atoms with van der Waals surface area (Å²) in [7, 11) is 1.47. The molecule has 0 aliphatic carbocycles. The fraction of sp³-hybridized carbons (Fsp3) is 0.143. The van der Waals surface area contributed by atoms with Crippen LogP contribution in [0.2, 0.25) is 5.02 Å². The fourth-order valence-corrected chi connectivity index (χ4v) is 1.81. The van der Waals surface area contributed by atoms with Crippen LogP contribution in [0.4, 0.5) is 14.5 Å². The highest BCUT2D eigenvalue weighted by molar-refractivity contribution is 6.33. The van der Waals surface area contributed by atoms with Crippen molar-refractivity contribution in [3.8, 4) is 5.75 Å². The summed E-state index contributed by atoms with van der Waals surface area (Å²) in [5.41, 5.74) is 0.873. The molecule has 0 radical (unpaired) electrons. The van der Waals surface area contributed by atoms with Gasteiger partial charge in [0, 0.05) is 18.2 Å². The molecule has 100 valence electrons. The molecule has 0 saturated carbocycles. The van der Waals surface area contributed by atoms with E-state index >= 15 is 0 Å². The highest BCUT2D eigenvalue weighted by Crippen LogP contribution is 2.24. The number of methoxy groups -OCH3 is 1. The van der Waals surface area contributed by atoms with Crippen molar-refractivity contribution >= 4 is 17.3 Å². The Morgan fingerprint density at radius 1 is 1.16 bits per heavy atom. The van der Waals surface area contributed by atoms with Gasteiger partial charge in [0.15, 0.2) is 0 Å². The van der Waals surface area contributed by atoms with Crippen molar-refractivity contribution in [2.45, 2.75) is 6.54 Å². The van der Waals surface area contributed by atoms with Crippen molar-refractivity contribution in [1.29, 1.82) is 0 Å². The van der Waals surface area contributed by atoms with Crippen molar-refractivity contribution in [3.63, 3.8) is 0 Å². The molecule has 0 saturated heterocycles. The van der Waals surface area contributed by atoms with Crippen molar-refractivity contribution in [2.24, 2.45) is 0 Å². The molecule has 0 aromatic heterocycles. The summed E-state index contributed by atoms with van der Waals surface area (Å²) in [6, 6.07) is 8.54. The second-order valence-electron chi connectivity index (χ2n) is 3.94. The molecule has 5 heteroatoms. The van der Waals surface area contributed by atoms with Crippen LogP contribution in [0.25, 0.3) is 0 Å². The highest BCUT2D eigenvalue weighted by Gasteiger charge is 2.06. The van der Waals surface area contributed by atoms with Crippen molar-refractivity contribution < 1.29 is 13.5 Å². The van der Waals surface area contributed by atoms with Crippen LogP contribution in [0, 0.1) is 11.6 Å².